The zero-order chi connectivity index (χ0) is 35.4. The molecule has 4 rings (SSSR count). The molecule has 2 aromatic carbocycles. The van der Waals surface area contributed by atoms with Crippen molar-refractivity contribution in [2.45, 2.75) is 135 Å². The van der Waals surface area contributed by atoms with E-state index in [0.29, 0.717) is 6.42 Å². The monoisotopic (exact) mass is 685 g/mol. The summed E-state index contributed by atoms with van der Waals surface area (Å²) in [5, 5.41) is 12.7. The SMILES string of the molecule is CCCCCCCCCCCCCCCC(=O)Nc1cccc(C2O[C@H](CN(C)CCc3ccccn3)[C@H](C)[C@H](c3ccc(CO)cc3)O2)c1. The lowest BCUT2D eigenvalue weighted by atomic mass is 9.90. The quantitative estimate of drug-likeness (QED) is 0.0967. The molecule has 1 aromatic heterocycles. The van der Waals surface area contributed by atoms with Crippen molar-refractivity contribution in [3.05, 3.63) is 95.3 Å². The van der Waals surface area contributed by atoms with E-state index in [2.05, 4.69) is 42.2 Å². The van der Waals surface area contributed by atoms with Crippen LogP contribution in [0.15, 0.2) is 72.9 Å². The number of rotatable bonds is 23. The topological polar surface area (TPSA) is 83.9 Å². The summed E-state index contributed by atoms with van der Waals surface area (Å²) >= 11 is 0. The van der Waals surface area contributed by atoms with Crippen LogP contribution in [-0.4, -0.2) is 47.1 Å². The van der Waals surface area contributed by atoms with E-state index in [1.165, 1.54) is 70.6 Å². The molecule has 2 N–H and O–H groups in total. The van der Waals surface area contributed by atoms with E-state index in [-0.39, 0.29) is 30.6 Å². The summed E-state index contributed by atoms with van der Waals surface area (Å²) in [5.41, 5.74) is 4.66. The summed E-state index contributed by atoms with van der Waals surface area (Å²) in [4.78, 5) is 19.7. The predicted octanol–water partition coefficient (Wildman–Crippen LogP) is 9.96. The highest BCUT2D eigenvalue weighted by Crippen LogP contribution is 2.42. The maximum absolute atomic E-state index is 12.9. The minimum atomic E-state index is -0.583. The largest absolute Gasteiger partial charge is 0.392 e. The van der Waals surface area contributed by atoms with Crippen molar-refractivity contribution in [2.24, 2.45) is 5.92 Å². The first-order chi connectivity index (χ1) is 24.5. The number of aromatic nitrogens is 1. The number of nitrogens with zero attached hydrogens (tertiary/aromatic N) is 2. The number of aliphatic hydroxyl groups is 1. The lowest BCUT2D eigenvalue weighted by Crippen LogP contribution is -2.44. The van der Waals surface area contributed by atoms with Crippen LogP contribution in [0.2, 0.25) is 0 Å². The van der Waals surface area contributed by atoms with Gasteiger partial charge in [0.15, 0.2) is 6.29 Å². The van der Waals surface area contributed by atoms with E-state index in [1.807, 2.05) is 66.9 Å². The molecule has 4 atom stereocenters. The second kappa shape index (κ2) is 22.7. The number of aliphatic hydroxyl groups excluding tert-OH is 1. The molecule has 0 aliphatic carbocycles. The molecule has 1 aliphatic heterocycles. The van der Waals surface area contributed by atoms with E-state index in [0.717, 1.165) is 60.4 Å². The summed E-state index contributed by atoms with van der Waals surface area (Å²) < 4.78 is 13.4. The van der Waals surface area contributed by atoms with E-state index in [9.17, 15) is 9.90 Å². The van der Waals surface area contributed by atoms with Gasteiger partial charge in [0.2, 0.25) is 5.91 Å². The smallest absolute Gasteiger partial charge is 0.224 e. The number of carbonyl (C=O) groups is 1. The van der Waals surface area contributed by atoms with Crippen LogP contribution in [-0.2, 0) is 27.3 Å². The minimum Gasteiger partial charge on any atom is -0.392 e. The average molecular weight is 686 g/mol. The number of amides is 1. The fraction of sp³-hybridized carbons (Fsp3) is 0.581. The third-order valence-corrected chi connectivity index (χ3v) is 10.0. The Bertz CT molecular complexity index is 1350. The summed E-state index contributed by atoms with van der Waals surface area (Å²) in [6, 6.07) is 21.9. The van der Waals surface area contributed by atoms with Crippen LogP contribution in [0.3, 0.4) is 0 Å². The second-order valence-electron chi connectivity index (χ2n) is 14.3. The molecule has 0 spiro atoms. The average Bonchev–Trinajstić information content (AvgIpc) is 3.14. The Hall–Kier alpha value is -3.10. The fourth-order valence-electron chi connectivity index (χ4n) is 6.87. The zero-order valence-corrected chi connectivity index (χ0v) is 31.0. The van der Waals surface area contributed by atoms with Crippen LogP contribution in [0.4, 0.5) is 5.69 Å². The number of benzene rings is 2. The number of pyridine rings is 1. The van der Waals surface area contributed by atoms with Gasteiger partial charge in [0, 0.05) is 55.0 Å². The van der Waals surface area contributed by atoms with Crippen molar-refractivity contribution in [1.82, 2.24) is 9.88 Å². The first-order valence-electron chi connectivity index (χ1n) is 19.5. The van der Waals surface area contributed by atoms with Gasteiger partial charge in [-0.15, -0.1) is 0 Å². The molecule has 274 valence electrons. The zero-order valence-electron chi connectivity index (χ0n) is 31.0. The Balaban J connectivity index is 1.27. The fourth-order valence-corrected chi connectivity index (χ4v) is 6.87. The third-order valence-electron chi connectivity index (χ3n) is 10.0. The summed E-state index contributed by atoms with van der Waals surface area (Å²) in [6.45, 7) is 6.08. The molecule has 7 nitrogen and oxygen atoms in total. The predicted molar refractivity (Wildman–Crippen MR) is 204 cm³/mol. The molecule has 1 aliphatic rings. The molecule has 0 saturated carbocycles. The number of nitrogens with one attached hydrogen (secondary N) is 1. The number of hydrogen-bond acceptors (Lipinski definition) is 6. The van der Waals surface area contributed by atoms with Crippen LogP contribution < -0.4 is 5.32 Å². The molecule has 50 heavy (non-hydrogen) atoms. The van der Waals surface area contributed by atoms with Gasteiger partial charge < -0.3 is 24.8 Å². The molecule has 1 fully saturated rings. The first kappa shape index (κ1) is 39.7. The van der Waals surface area contributed by atoms with Gasteiger partial charge in [-0.2, -0.15) is 0 Å². The third kappa shape index (κ3) is 13.9. The molecule has 0 bridgehead atoms. The number of likely N-dealkylation sites (N-methyl/N-ethyl adjacent to an activating group) is 1. The maximum atomic E-state index is 12.9. The second-order valence-corrected chi connectivity index (χ2v) is 14.3. The summed E-state index contributed by atoms with van der Waals surface area (Å²) in [5.74, 6) is 0.144. The number of unbranched alkanes of at least 4 members (excludes halogenated alkanes) is 12. The lowest BCUT2D eigenvalue weighted by molar-refractivity contribution is -0.275. The molecule has 1 unspecified atom stereocenters. The molecular weight excluding hydrogens is 622 g/mol. The van der Waals surface area contributed by atoms with Gasteiger partial charge in [-0.3, -0.25) is 9.78 Å². The van der Waals surface area contributed by atoms with Crippen molar-refractivity contribution in [1.29, 1.82) is 0 Å². The molecule has 2 heterocycles. The lowest BCUT2D eigenvalue weighted by Gasteiger charge is -2.42. The van der Waals surface area contributed by atoms with E-state index >= 15 is 0 Å². The van der Waals surface area contributed by atoms with Crippen molar-refractivity contribution < 1.29 is 19.4 Å². The van der Waals surface area contributed by atoms with Crippen molar-refractivity contribution >= 4 is 11.6 Å². The van der Waals surface area contributed by atoms with Gasteiger partial charge in [0.25, 0.3) is 0 Å². The Morgan fingerprint density at radius 2 is 1.50 bits per heavy atom. The Morgan fingerprint density at radius 3 is 2.14 bits per heavy atom. The highest BCUT2D eigenvalue weighted by molar-refractivity contribution is 5.90. The van der Waals surface area contributed by atoms with Gasteiger partial charge in [-0.1, -0.05) is 133 Å². The van der Waals surface area contributed by atoms with Crippen LogP contribution in [0.5, 0.6) is 0 Å². The standard InChI is InChI=1S/C43H63N3O4/c1-4-5-6-7-8-9-10-11-12-13-14-15-16-23-41(48)45-39-22-19-20-37(31-39)43-49-40(32-46(3)30-28-38-21-17-18-29-44-38)34(2)42(50-43)36-26-24-35(33-47)25-27-36/h17-22,24-27,29,31,34,40,42-43,47H,4-16,23,28,30,32-33H2,1-3H3,(H,45,48)/t34-,40+,42+,43?/m0/s1. The summed E-state index contributed by atoms with van der Waals surface area (Å²) in [6.07, 6.45) is 19.2. The molecule has 7 heteroatoms. The van der Waals surface area contributed by atoms with Crippen LogP contribution in [0, 0.1) is 5.92 Å². The summed E-state index contributed by atoms with van der Waals surface area (Å²) in [7, 11) is 2.13. The molecular formula is C43H63N3O4. The Morgan fingerprint density at radius 1 is 0.820 bits per heavy atom. The van der Waals surface area contributed by atoms with Crippen LogP contribution in [0.1, 0.15) is 139 Å². The van der Waals surface area contributed by atoms with Crippen molar-refractivity contribution in [3.8, 4) is 0 Å². The number of carbonyl (C=O) groups excluding carboxylic acids is 1. The first-order valence-corrected chi connectivity index (χ1v) is 19.5. The van der Waals surface area contributed by atoms with Gasteiger partial charge in [0.05, 0.1) is 18.8 Å². The number of anilines is 1. The number of hydrogen-bond donors (Lipinski definition) is 2. The highest BCUT2D eigenvalue weighted by atomic mass is 16.7. The maximum Gasteiger partial charge on any atom is 0.224 e. The Labute approximate surface area is 302 Å². The normalized spacial score (nSPS) is 19.1. The van der Waals surface area contributed by atoms with Gasteiger partial charge >= 0.3 is 0 Å². The molecule has 3 aromatic rings. The van der Waals surface area contributed by atoms with Crippen molar-refractivity contribution in [3.63, 3.8) is 0 Å². The highest BCUT2D eigenvalue weighted by Gasteiger charge is 2.38. The van der Waals surface area contributed by atoms with Gasteiger partial charge in [-0.25, -0.2) is 0 Å². The van der Waals surface area contributed by atoms with Gasteiger partial charge in [-0.05, 0) is 48.9 Å². The Kier molecular flexibility index (Phi) is 18.0. The van der Waals surface area contributed by atoms with E-state index < -0.39 is 6.29 Å². The molecule has 0 radical (unpaired) electrons. The number of ether oxygens (including phenoxy) is 2. The van der Waals surface area contributed by atoms with Crippen molar-refractivity contribution in [2.75, 3.05) is 25.5 Å². The minimum absolute atomic E-state index is 0.00859. The van der Waals surface area contributed by atoms with Crippen LogP contribution >= 0.6 is 0 Å². The molecule has 1 amide bonds. The molecule has 1 saturated heterocycles. The van der Waals surface area contributed by atoms with E-state index in [4.69, 9.17) is 9.47 Å². The van der Waals surface area contributed by atoms with Crippen LogP contribution in [0.25, 0.3) is 0 Å². The van der Waals surface area contributed by atoms with E-state index in [1.54, 1.807) is 0 Å². The van der Waals surface area contributed by atoms with Gasteiger partial charge in [0.1, 0.15) is 0 Å².